The van der Waals surface area contributed by atoms with Gasteiger partial charge in [0.2, 0.25) is 0 Å². The van der Waals surface area contributed by atoms with E-state index in [1.165, 1.54) is 0 Å². The Morgan fingerprint density at radius 1 is 1.35 bits per heavy atom. The summed E-state index contributed by atoms with van der Waals surface area (Å²) in [5, 5.41) is 10.5. The molecule has 0 aliphatic rings. The molecule has 0 radical (unpaired) electrons. The maximum absolute atomic E-state index is 5.40. The van der Waals surface area contributed by atoms with E-state index in [9.17, 15) is 0 Å². The third-order valence-corrected chi connectivity index (χ3v) is 3.72. The molecule has 0 aliphatic carbocycles. The Bertz CT molecular complexity index is 848. The van der Waals surface area contributed by atoms with Crippen molar-refractivity contribution in [3.05, 3.63) is 59.0 Å². The maximum Gasteiger partial charge on any atom is 0.200 e. The zero-order valence-corrected chi connectivity index (χ0v) is 14.8. The zero-order valence-electron chi connectivity index (χ0n) is 14.0. The summed E-state index contributed by atoms with van der Waals surface area (Å²) in [5.74, 6) is 0.783. The van der Waals surface area contributed by atoms with E-state index < -0.39 is 0 Å². The van der Waals surface area contributed by atoms with Crippen LogP contribution in [-0.4, -0.2) is 14.8 Å². The molecular weight excluding hydrogens is 304 g/mol. The van der Waals surface area contributed by atoms with Crippen LogP contribution in [-0.2, 0) is 0 Å². The fraction of sp³-hybridized carbons (Fsp3) is 0.222. The van der Waals surface area contributed by atoms with Crippen molar-refractivity contribution in [2.75, 3.05) is 5.32 Å². The summed E-state index contributed by atoms with van der Waals surface area (Å²) in [5.41, 5.74) is 6.09. The number of nitrogens with zero attached hydrogens (tertiary/aromatic N) is 2. The van der Waals surface area contributed by atoms with Gasteiger partial charge in [0.1, 0.15) is 0 Å². The summed E-state index contributed by atoms with van der Waals surface area (Å²) >= 11 is 5.40. The highest BCUT2D eigenvalue weighted by molar-refractivity contribution is 7.71. The summed E-state index contributed by atoms with van der Waals surface area (Å²) in [6, 6.07) is 6.12. The van der Waals surface area contributed by atoms with Gasteiger partial charge < -0.3 is 5.32 Å². The predicted molar refractivity (Wildman–Crippen MR) is 101 cm³/mol. The van der Waals surface area contributed by atoms with Gasteiger partial charge in [-0.25, -0.2) is 0 Å². The molecule has 0 amide bonds. The van der Waals surface area contributed by atoms with Gasteiger partial charge in [-0.05, 0) is 69.8 Å². The molecule has 0 bridgehead atoms. The van der Waals surface area contributed by atoms with E-state index in [1.54, 1.807) is 6.08 Å². The molecule has 1 aromatic carbocycles. The van der Waals surface area contributed by atoms with Crippen molar-refractivity contribution in [2.45, 2.75) is 27.7 Å². The molecule has 2 aromatic rings. The minimum absolute atomic E-state index is 0.555. The number of H-pyrrole nitrogens is 1. The van der Waals surface area contributed by atoms with Gasteiger partial charge in [-0.15, -0.1) is 0 Å². The maximum atomic E-state index is 5.40. The highest BCUT2D eigenvalue weighted by atomic mass is 32.1. The van der Waals surface area contributed by atoms with Crippen LogP contribution < -0.4 is 5.32 Å². The van der Waals surface area contributed by atoms with Crippen LogP contribution in [0.1, 0.15) is 26.3 Å². The monoisotopic (exact) mass is 326 g/mol. The Balaban J connectivity index is 2.61. The van der Waals surface area contributed by atoms with E-state index in [0.29, 0.717) is 4.77 Å². The van der Waals surface area contributed by atoms with E-state index in [0.717, 1.165) is 39.6 Å². The third-order valence-electron chi connectivity index (χ3n) is 3.44. The molecule has 5 heteroatoms. The van der Waals surface area contributed by atoms with E-state index in [4.69, 9.17) is 12.2 Å². The lowest BCUT2D eigenvalue weighted by molar-refractivity contribution is 1.05. The second kappa shape index (κ2) is 6.79. The number of anilines is 1. The molecule has 0 spiro atoms. The molecule has 0 saturated carbocycles. The quantitative estimate of drug-likeness (QED) is 0.579. The number of hydrogen-bond donors (Lipinski definition) is 2. The van der Waals surface area contributed by atoms with Gasteiger partial charge in [-0.3, -0.25) is 9.67 Å². The van der Waals surface area contributed by atoms with Crippen molar-refractivity contribution >= 4 is 23.6 Å². The van der Waals surface area contributed by atoms with E-state index in [-0.39, 0.29) is 0 Å². The molecule has 1 aromatic heterocycles. The number of nitrogens with one attached hydrogen (secondary N) is 2. The van der Waals surface area contributed by atoms with Crippen LogP contribution >= 0.6 is 12.2 Å². The van der Waals surface area contributed by atoms with Crippen LogP contribution in [0, 0.1) is 11.7 Å². The normalized spacial score (nSPS) is 10.3. The molecule has 0 unspecified atom stereocenters. The lowest BCUT2D eigenvalue weighted by Crippen LogP contribution is -2.02. The van der Waals surface area contributed by atoms with Gasteiger partial charge in [0.15, 0.2) is 10.6 Å². The number of rotatable bonds is 5. The molecule has 4 nitrogen and oxygen atoms in total. The van der Waals surface area contributed by atoms with Crippen LogP contribution in [0.2, 0.25) is 0 Å². The molecule has 120 valence electrons. The number of hydrogen-bond acceptors (Lipinski definition) is 3. The average molecular weight is 326 g/mol. The minimum atomic E-state index is 0.555. The van der Waals surface area contributed by atoms with Crippen molar-refractivity contribution in [3.8, 4) is 11.4 Å². The first-order valence-corrected chi connectivity index (χ1v) is 7.77. The van der Waals surface area contributed by atoms with Gasteiger partial charge in [0, 0.05) is 22.6 Å². The second-order valence-electron chi connectivity index (χ2n) is 5.71. The number of benzene rings is 1. The highest BCUT2D eigenvalue weighted by Gasteiger charge is 2.14. The Kier molecular flexibility index (Phi) is 5.01. The molecule has 0 saturated heterocycles. The predicted octanol–water partition coefficient (Wildman–Crippen LogP) is 5.30. The van der Waals surface area contributed by atoms with Gasteiger partial charge in [0.25, 0.3) is 0 Å². The largest absolute Gasteiger partial charge is 0.360 e. The van der Waals surface area contributed by atoms with Crippen molar-refractivity contribution in [1.82, 2.24) is 14.8 Å². The van der Waals surface area contributed by atoms with Crippen LogP contribution in [0.4, 0.5) is 5.69 Å². The second-order valence-corrected chi connectivity index (χ2v) is 6.10. The number of aromatic amines is 1. The highest BCUT2D eigenvalue weighted by Crippen LogP contribution is 2.28. The van der Waals surface area contributed by atoms with E-state index in [2.05, 4.69) is 41.7 Å². The Morgan fingerprint density at radius 2 is 2.04 bits per heavy atom. The number of aromatic nitrogens is 3. The van der Waals surface area contributed by atoms with Crippen molar-refractivity contribution in [3.63, 3.8) is 0 Å². The Labute approximate surface area is 142 Å². The lowest BCUT2D eigenvalue weighted by Gasteiger charge is -2.13. The molecule has 23 heavy (non-hydrogen) atoms. The fourth-order valence-corrected chi connectivity index (χ4v) is 2.69. The standard InChI is InChI=1S/C18H22N4S/c1-7-16(11(2)3)22-17(20-21-18(22)23)15-9-8-14(10-13(15)6)19-12(4)5/h7-10,19H,1,4H2,2-3,5-6H3,(H,21,23). The van der Waals surface area contributed by atoms with Crippen LogP contribution in [0.25, 0.3) is 17.1 Å². The molecule has 0 aliphatic heterocycles. The average Bonchev–Trinajstić information content (AvgIpc) is 2.81. The molecule has 0 atom stereocenters. The molecule has 0 fully saturated rings. The molecular formula is C18H22N4S. The summed E-state index contributed by atoms with van der Waals surface area (Å²) in [4.78, 5) is 0. The Hall–Kier alpha value is -2.40. The first-order chi connectivity index (χ1) is 10.8. The van der Waals surface area contributed by atoms with Crippen LogP contribution in [0.5, 0.6) is 0 Å². The van der Waals surface area contributed by atoms with Gasteiger partial charge >= 0.3 is 0 Å². The third kappa shape index (κ3) is 3.51. The van der Waals surface area contributed by atoms with Gasteiger partial charge in [-0.2, -0.15) is 5.10 Å². The zero-order chi connectivity index (χ0) is 17.1. The summed E-state index contributed by atoms with van der Waals surface area (Å²) < 4.78 is 2.48. The topological polar surface area (TPSA) is 45.6 Å². The van der Waals surface area contributed by atoms with Crippen molar-refractivity contribution in [2.24, 2.45) is 0 Å². The van der Waals surface area contributed by atoms with E-state index >= 15 is 0 Å². The first kappa shape index (κ1) is 17.0. The SMILES string of the molecule is C=CC(=C(C)C)n1c(-c2ccc(NC(=C)C)cc2C)n[nH]c1=S. The van der Waals surface area contributed by atoms with Gasteiger partial charge in [-0.1, -0.05) is 18.7 Å². The summed E-state index contributed by atoms with van der Waals surface area (Å²) in [7, 11) is 0. The molecule has 1 heterocycles. The number of allylic oxidation sites excluding steroid dienone is 4. The lowest BCUT2D eigenvalue weighted by atomic mass is 10.1. The van der Waals surface area contributed by atoms with E-state index in [1.807, 2.05) is 37.5 Å². The fourth-order valence-electron chi connectivity index (χ4n) is 2.46. The first-order valence-electron chi connectivity index (χ1n) is 7.36. The molecule has 2 rings (SSSR count). The minimum Gasteiger partial charge on any atom is -0.360 e. The number of aryl methyl sites for hydroxylation is 1. The summed E-state index contributed by atoms with van der Waals surface area (Å²) in [6.45, 7) is 15.8. The summed E-state index contributed by atoms with van der Waals surface area (Å²) in [6.07, 6.45) is 1.80. The molecule has 2 N–H and O–H groups in total. The Morgan fingerprint density at radius 3 is 2.57 bits per heavy atom. The van der Waals surface area contributed by atoms with Crippen molar-refractivity contribution < 1.29 is 0 Å². The van der Waals surface area contributed by atoms with Crippen LogP contribution in [0.15, 0.2) is 48.7 Å². The van der Waals surface area contributed by atoms with Crippen molar-refractivity contribution in [1.29, 1.82) is 0 Å². The van der Waals surface area contributed by atoms with Crippen LogP contribution in [0.3, 0.4) is 0 Å². The van der Waals surface area contributed by atoms with Gasteiger partial charge in [0.05, 0.1) is 0 Å². The smallest absolute Gasteiger partial charge is 0.200 e.